The van der Waals surface area contributed by atoms with Gasteiger partial charge in [0.1, 0.15) is 18.2 Å². The molecule has 3 aromatic carbocycles. The summed E-state index contributed by atoms with van der Waals surface area (Å²) in [6.07, 6.45) is 1.47. The van der Waals surface area contributed by atoms with Crippen LogP contribution in [0.3, 0.4) is 0 Å². The van der Waals surface area contributed by atoms with E-state index in [2.05, 4.69) is 37.2 Å². The second-order valence-corrected chi connectivity index (χ2v) is 9.37. The molecule has 9 heteroatoms. The Morgan fingerprint density at radius 2 is 1.68 bits per heavy atom. The number of carbonyl (C=O) groups is 2. The van der Waals surface area contributed by atoms with Gasteiger partial charge in [-0.1, -0.05) is 28.1 Å². The van der Waals surface area contributed by atoms with E-state index in [1.165, 1.54) is 6.08 Å². The largest absolute Gasteiger partial charge is 0.490 e. The zero-order chi connectivity index (χ0) is 26.8. The van der Waals surface area contributed by atoms with E-state index in [4.69, 9.17) is 14.2 Å². The van der Waals surface area contributed by atoms with E-state index in [9.17, 15) is 14.9 Å². The molecule has 0 aliphatic carbocycles. The lowest BCUT2D eigenvalue weighted by atomic mass is 10.1. The highest BCUT2D eigenvalue weighted by Gasteiger charge is 2.15. The molecule has 190 valence electrons. The van der Waals surface area contributed by atoms with Crippen molar-refractivity contribution in [1.29, 1.82) is 5.26 Å². The summed E-state index contributed by atoms with van der Waals surface area (Å²) in [5.74, 6) is -0.0342. The van der Waals surface area contributed by atoms with Gasteiger partial charge in [0.15, 0.2) is 11.5 Å². The predicted octanol–water partition coefficient (Wildman–Crippen LogP) is 6.91. The summed E-state index contributed by atoms with van der Waals surface area (Å²) in [4.78, 5) is 24.6. The average molecular weight is 628 g/mol. The maximum Gasteiger partial charge on any atom is 0.338 e. The van der Waals surface area contributed by atoms with E-state index in [1.807, 2.05) is 37.3 Å². The molecule has 0 heterocycles. The van der Waals surface area contributed by atoms with Crippen molar-refractivity contribution in [3.05, 3.63) is 91.9 Å². The highest BCUT2D eigenvalue weighted by Crippen LogP contribution is 2.38. The summed E-state index contributed by atoms with van der Waals surface area (Å²) in [6.45, 7) is 4.59. The summed E-state index contributed by atoms with van der Waals surface area (Å²) < 4.78 is 18.3. The molecule has 3 rings (SSSR count). The van der Waals surface area contributed by atoms with Gasteiger partial charge < -0.3 is 19.5 Å². The van der Waals surface area contributed by atoms with Gasteiger partial charge in [0.25, 0.3) is 5.91 Å². The molecule has 37 heavy (non-hydrogen) atoms. The zero-order valence-electron chi connectivity index (χ0n) is 20.2. The fraction of sp³-hybridized carbons (Fsp3) is 0.179. The number of nitriles is 1. The number of carbonyl (C=O) groups excluding carboxylic acids is 2. The Morgan fingerprint density at radius 3 is 2.30 bits per heavy atom. The van der Waals surface area contributed by atoms with Gasteiger partial charge in [0.05, 0.1) is 23.2 Å². The molecule has 7 nitrogen and oxygen atoms in total. The molecule has 1 N–H and O–H groups in total. The van der Waals surface area contributed by atoms with Gasteiger partial charge in [0, 0.05) is 10.2 Å². The highest BCUT2D eigenvalue weighted by molar-refractivity contribution is 9.10. The number of halogens is 2. The third-order valence-electron chi connectivity index (χ3n) is 4.96. The molecule has 0 saturated heterocycles. The summed E-state index contributed by atoms with van der Waals surface area (Å²) in [6, 6.07) is 19.4. The number of nitrogens with zero attached hydrogens (tertiary/aromatic N) is 1. The van der Waals surface area contributed by atoms with Gasteiger partial charge in [0.2, 0.25) is 0 Å². The number of nitrogens with one attached hydrogen (secondary N) is 1. The molecule has 0 radical (unpaired) electrons. The number of anilines is 1. The Labute approximate surface area is 232 Å². The van der Waals surface area contributed by atoms with Crippen LogP contribution in [0.5, 0.6) is 11.5 Å². The third-order valence-corrected chi connectivity index (χ3v) is 6.08. The lowest BCUT2D eigenvalue weighted by Gasteiger charge is -2.15. The van der Waals surface area contributed by atoms with Crippen LogP contribution < -0.4 is 14.8 Å². The van der Waals surface area contributed by atoms with Crippen LogP contribution >= 0.6 is 31.9 Å². The maximum atomic E-state index is 12.8. The highest BCUT2D eigenvalue weighted by atomic mass is 79.9. The number of amides is 1. The van der Waals surface area contributed by atoms with Gasteiger partial charge in [-0.25, -0.2) is 4.79 Å². The smallest absolute Gasteiger partial charge is 0.338 e. The predicted molar refractivity (Wildman–Crippen MR) is 148 cm³/mol. The van der Waals surface area contributed by atoms with Crippen molar-refractivity contribution in [3.8, 4) is 17.6 Å². The molecule has 0 spiro atoms. The molecule has 1 amide bonds. The van der Waals surface area contributed by atoms with Crippen molar-refractivity contribution < 1.29 is 23.8 Å². The lowest BCUT2D eigenvalue weighted by molar-refractivity contribution is -0.112. The second kappa shape index (κ2) is 13.6. The van der Waals surface area contributed by atoms with E-state index >= 15 is 0 Å². The molecule has 0 aliphatic rings. The molecule has 0 unspecified atom stereocenters. The van der Waals surface area contributed by atoms with Crippen LogP contribution in [0.15, 0.2) is 75.2 Å². The first-order valence-corrected chi connectivity index (χ1v) is 13.0. The number of benzene rings is 3. The van der Waals surface area contributed by atoms with Crippen LogP contribution in [0, 0.1) is 11.3 Å². The van der Waals surface area contributed by atoms with Crippen LogP contribution in [-0.4, -0.2) is 25.1 Å². The molecule has 0 fully saturated rings. The van der Waals surface area contributed by atoms with Gasteiger partial charge >= 0.3 is 5.97 Å². The number of hydrogen-bond acceptors (Lipinski definition) is 6. The summed E-state index contributed by atoms with van der Waals surface area (Å²) >= 11 is 6.94. The second-order valence-electron chi connectivity index (χ2n) is 7.60. The van der Waals surface area contributed by atoms with Gasteiger partial charge in [-0.2, -0.15) is 5.26 Å². The molecule has 0 bridgehead atoms. The molecule has 0 aromatic heterocycles. The van der Waals surface area contributed by atoms with Crippen molar-refractivity contribution in [1.82, 2.24) is 0 Å². The van der Waals surface area contributed by atoms with E-state index in [1.54, 1.807) is 43.3 Å². The van der Waals surface area contributed by atoms with Crippen molar-refractivity contribution in [2.24, 2.45) is 0 Å². The van der Waals surface area contributed by atoms with Gasteiger partial charge in [-0.15, -0.1) is 0 Å². The van der Waals surface area contributed by atoms with Crippen molar-refractivity contribution in [3.63, 3.8) is 0 Å². The third kappa shape index (κ3) is 7.94. The molecular weight excluding hydrogens is 604 g/mol. The van der Waals surface area contributed by atoms with E-state index in [0.717, 1.165) is 10.0 Å². The van der Waals surface area contributed by atoms with Crippen molar-refractivity contribution in [2.75, 3.05) is 18.5 Å². The normalized spacial score (nSPS) is 10.8. The molecule has 3 aromatic rings. The van der Waals surface area contributed by atoms with Gasteiger partial charge in [-0.05, 0) is 95.5 Å². The average Bonchev–Trinajstić information content (AvgIpc) is 2.88. The van der Waals surface area contributed by atoms with Crippen LogP contribution in [0.1, 0.15) is 35.3 Å². The van der Waals surface area contributed by atoms with E-state index in [-0.39, 0.29) is 12.2 Å². The Balaban J connectivity index is 1.78. The van der Waals surface area contributed by atoms with Crippen LogP contribution in [0.2, 0.25) is 0 Å². The summed E-state index contributed by atoms with van der Waals surface area (Å²) in [5, 5.41) is 12.3. The first-order chi connectivity index (χ1) is 17.8. The minimum absolute atomic E-state index is 0.104. The molecule has 0 saturated carbocycles. The maximum absolute atomic E-state index is 12.8. The van der Waals surface area contributed by atoms with E-state index < -0.39 is 11.9 Å². The molecule has 0 atom stereocenters. The Morgan fingerprint density at radius 1 is 0.973 bits per heavy atom. The van der Waals surface area contributed by atoms with Crippen LogP contribution in [0.25, 0.3) is 6.08 Å². The lowest BCUT2D eigenvalue weighted by Crippen LogP contribution is -2.13. The van der Waals surface area contributed by atoms with Crippen LogP contribution in [-0.2, 0) is 16.1 Å². The Kier molecular flexibility index (Phi) is 10.3. The minimum Gasteiger partial charge on any atom is -0.490 e. The fourth-order valence-corrected chi connectivity index (χ4v) is 4.07. The molecule has 0 aliphatic heterocycles. The Bertz CT molecular complexity index is 1330. The number of esters is 1. The van der Waals surface area contributed by atoms with Crippen molar-refractivity contribution in [2.45, 2.75) is 20.5 Å². The topological polar surface area (TPSA) is 97.7 Å². The summed E-state index contributed by atoms with van der Waals surface area (Å²) in [5.41, 5.74) is 2.27. The number of hydrogen-bond donors (Lipinski definition) is 1. The quantitative estimate of drug-likeness (QED) is 0.149. The van der Waals surface area contributed by atoms with Crippen molar-refractivity contribution >= 4 is 55.5 Å². The fourth-order valence-electron chi connectivity index (χ4n) is 3.23. The Hall–Kier alpha value is -3.61. The first kappa shape index (κ1) is 28.0. The number of ether oxygens (including phenoxy) is 3. The minimum atomic E-state index is -0.587. The SMILES string of the molecule is CCOC(=O)c1ccc(NC(=O)/C(C#N)=C/c2cc(Br)c(OCc3ccc(Br)cc3)c(OCC)c2)cc1. The first-order valence-electron chi connectivity index (χ1n) is 11.4. The standard InChI is InChI=1S/C28H24Br2N2O5/c1-3-35-25-15-19(14-24(30)26(25)37-17-18-5-9-22(29)10-6-18)13-21(16-31)27(33)32-23-11-7-20(8-12-23)28(34)36-4-2/h5-15H,3-4,17H2,1-2H3,(H,32,33)/b21-13+. The zero-order valence-corrected chi connectivity index (χ0v) is 23.4. The van der Waals surface area contributed by atoms with Gasteiger partial charge in [-0.3, -0.25) is 4.79 Å². The number of rotatable bonds is 10. The summed E-state index contributed by atoms with van der Waals surface area (Å²) in [7, 11) is 0. The monoisotopic (exact) mass is 626 g/mol. The van der Waals surface area contributed by atoms with Crippen LogP contribution in [0.4, 0.5) is 5.69 Å². The van der Waals surface area contributed by atoms with E-state index in [0.29, 0.717) is 46.0 Å². The molecular formula is C28H24Br2N2O5.